The van der Waals surface area contributed by atoms with Crippen LogP contribution in [0.1, 0.15) is 20.8 Å². The van der Waals surface area contributed by atoms with E-state index < -0.39 is 5.97 Å². The van der Waals surface area contributed by atoms with Crippen LogP contribution in [0.4, 0.5) is 0 Å². The zero-order valence-electron chi connectivity index (χ0n) is 10.5. The number of methoxy groups -OCH3 is 1. The molecule has 0 radical (unpaired) electrons. The van der Waals surface area contributed by atoms with Crippen LogP contribution in [-0.2, 0) is 18.0 Å². The Hall–Kier alpha value is -1.85. The number of rotatable bonds is 6. The van der Waals surface area contributed by atoms with Gasteiger partial charge >= 0.3 is 5.97 Å². The smallest absolute Gasteiger partial charge is 0.335 e. The second-order valence-electron chi connectivity index (χ2n) is 3.90. The summed E-state index contributed by atoms with van der Waals surface area (Å²) in [7, 11) is 1.55. The monoisotopic (exact) mass is 278 g/mol. The Morgan fingerprint density at radius 1 is 1.32 bits per heavy atom. The molecule has 0 fully saturated rings. The second-order valence-corrected chi connectivity index (χ2v) is 4.94. The third-order valence-electron chi connectivity index (χ3n) is 2.61. The molecule has 0 saturated carbocycles. The summed E-state index contributed by atoms with van der Waals surface area (Å²) in [6.45, 7) is 0.834. The van der Waals surface area contributed by atoms with Gasteiger partial charge in [-0.25, -0.2) is 4.79 Å². The van der Waals surface area contributed by atoms with Gasteiger partial charge in [-0.2, -0.15) is 0 Å². The van der Waals surface area contributed by atoms with Crippen molar-refractivity contribution < 1.29 is 19.4 Å². The van der Waals surface area contributed by atoms with Crippen LogP contribution < -0.4 is 4.74 Å². The molecule has 100 valence electrons. The molecule has 0 unspecified atom stereocenters. The molecule has 4 nitrogen and oxygen atoms in total. The van der Waals surface area contributed by atoms with Gasteiger partial charge in [0.05, 0.1) is 25.9 Å². The van der Waals surface area contributed by atoms with Crippen molar-refractivity contribution in [2.24, 2.45) is 0 Å². The molecule has 0 saturated heterocycles. The second kappa shape index (κ2) is 6.36. The minimum atomic E-state index is -0.956. The normalized spacial score (nSPS) is 10.4. The summed E-state index contributed by atoms with van der Waals surface area (Å²) >= 11 is 1.63. The molecule has 2 aromatic rings. The molecule has 1 N–H and O–H groups in total. The highest BCUT2D eigenvalue weighted by molar-refractivity contribution is 7.09. The van der Waals surface area contributed by atoms with Crippen LogP contribution in [0.25, 0.3) is 0 Å². The first-order valence-corrected chi connectivity index (χ1v) is 6.59. The lowest BCUT2D eigenvalue weighted by Crippen LogP contribution is -2.01. The van der Waals surface area contributed by atoms with Crippen LogP contribution in [0.3, 0.4) is 0 Å². The molecule has 1 aromatic carbocycles. The number of hydrogen-bond acceptors (Lipinski definition) is 4. The Labute approximate surface area is 115 Å². The largest absolute Gasteiger partial charge is 0.496 e. The van der Waals surface area contributed by atoms with E-state index in [0.717, 1.165) is 10.4 Å². The van der Waals surface area contributed by atoms with Crippen molar-refractivity contribution >= 4 is 17.3 Å². The average Bonchev–Trinajstić information content (AvgIpc) is 2.91. The van der Waals surface area contributed by atoms with Gasteiger partial charge in [0, 0.05) is 10.4 Å². The minimum Gasteiger partial charge on any atom is -0.496 e. The number of hydrogen-bond donors (Lipinski definition) is 1. The highest BCUT2D eigenvalue weighted by Crippen LogP contribution is 2.21. The molecule has 5 heteroatoms. The fourth-order valence-electron chi connectivity index (χ4n) is 1.68. The Kier molecular flexibility index (Phi) is 4.54. The van der Waals surface area contributed by atoms with Crippen molar-refractivity contribution in [2.45, 2.75) is 13.2 Å². The van der Waals surface area contributed by atoms with Crippen LogP contribution in [0.5, 0.6) is 5.75 Å². The molecule has 1 heterocycles. The van der Waals surface area contributed by atoms with Crippen LogP contribution in [0.2, 0.25) is 0 Å². The zero-order chi connectivity index (χ0) is 13.7. The summed E-state index contributed by atoms with van der Waals surface area (Å²) in [5, 5.41) is 11.0. The number of carbonyl (C=O) groups is 1. The van der Waals surface area contributed by atoms with Crippen molar-refractivity contribution in [1.29, 1.82) is 0 Å². The van der Waals surface area contributed by atoms with E-state index in [2.05, 4.69) is 0 Å². The maximum absolute atomic E-state index is 10.9. The van der Waals surface area contributed by atoms with E-state index in [4.69, 9.17) is 14.6 Å². The Morgan fingerprint density at radius 2 is 2.16 bits per heavy atom. The molecule has 0 aliphatic carbocycles. The highest BCUT2D eigenvalue weighted by Gasteiger charge is 2.09. The molecule has 2 rings (SSSR count). The van der Waals surface area contributed by atoms with Gasteiger partial charge in [-0.15, -0.1) is 11.3 Å². The van der Waals surface area contributed by atoms with E-state index in [1.54, 1.807) is 30.6 Å². The lowest BCUT2D eigenvalue weighted by atomic mass is 10.1. The Morgan fingerprint density at radius 3 is 2.79 bits per heavy atom. The van der Waals surface area contributed by atoms with Gasteiger partial charge < -0.3 is 14.6 Å². The minimum absolute atomic E-state index is 0.232. The Balaban J connectivity index is 2.04. The predicted molar refractivity (Wildman–Crippen MR) is 72.8 cm³/mol. The summed E-state index contributed by atoms with van der Waals surface area (Å²) in [6.07, 6.45) is 0. The predicted octanol–water partition coefficient (Wildman–Crippen LogP) is 3.17. The molecule has 0 bridgehead atoms. The third kappa shape index (κ3) is 3.56. The van der Waals surface area contributed by atoms with Crippen molar-refractivity contribution in [3.05, 3.63) is 51.7 Å². The van der Waals surface area contributed by atoms with E-state index in [0.29, 0.717) is 19.0 Å². The van der Waals surface area contributed by atoms with E-state index in [-0.39, 0.29) is 5.56 Å². The van der Waals surface area contributed by atoms with E-state index in [9.17, 15) is 4.79 Å². The molecule has 19 heavy (non-hydrogen) atoms. The van der Waals surface area contributed by atoms with E-state index >= 15 is 0 Å². The first-order valence-electron chi connectivity index (χ1n) is 5.71. The fourth-order valence-corrected chi connectivity index (χ4v) is 2.32. The maximum atomic E-state index is 10.9. The zero-order valence-corrected chi connectivity index (χ0v) is 11.3. The summed E-state index contributed by atoms with van der Waals surface area (Å²) in [6, 6.07) is 8.71. The van der Waals surface area contributed by atoms with Gasteiger partial charge in [0.15, 0.2) is 0 Å². The standard InChI is InChI=1S/C14H14O4S/c1-17-13-5-4-10(14(15)16)7-11(13)8-18-9-12-3-2-6-19-12/h2-7H,8-9H2,1H3,(H,15,16). The van der Waals surface area contributed by atoms with Crippen molar-refractivity contribution in [3.63, 3.8) is 0 Å². The van der Waals surface area contributed by atoms with Gasteiger partial charge in [0.2, 0.25) is 0 Å². The summed E-state index contributed by atoms with van der Waals surface area (Å²) in [4.78, 5) is 12.1. The number of carboxylic acid groups (broad SMARTS) is 1. The first kappa shape index (κ1) is 13.6. The fraction of sp³-hybridized carbons (Fsp3) is 0.214. The molecule has 1 aromatic heterocycles. The summed E-state index contributed by atoms with van der Waals surface area (Å²) in [5.74, 6) is -0.321. The SMILES string of the molecule is COc1ccc(C(=O)O)cc1COCc1cccs1. The summed E-state index contributed by atoms with van der Waals surface area (Å²) in [5.41, 5.74) is 0.967. The Bertz CT molecular complexity index is 549. The lowest BCUT2D eigenvalue weighted by Gasteiger charge is -2.09. The van der Waals surface area contributed by atoms with Gasteiger partial charge in [0.25, 0.3) is 0 Å². The number of thiophene rings is 1. The van der Waals surface area contributed by atoms with Crippen LogP contribution >= 0.6 is 11.3 Å². The van der Waals surface area contributed by atoms with Crippen molar-refractivity contribution in [2.75, 3.05) is 7.11 Å². The first-order chi connectivity index (χ1) is 9.20. The lowest BCUT2D eigenvalue weighted by molar-refractivity contribution is 0.0696. The van der Waals surface area contributed by atoms with E-state index in [1.165, 1.54) is 6.07 Å². The van der Waals surface area contributed by atoms with Gasteiger partial charge in [-0.3, -0.25) is 0 Å². The van der Waals surface area contributed by atoms with Gasteiger partial charge in [-0.1, -0.05) is 6.07 Å². The number of carboxylic acids is 1. The van der Waals surface area contributed by atoms with Crippen LogP contribution in [0, 0.1) is 0 Å². The molecule has 0 aliphatic rings. The number of benzene rings is 1. The number of ether oxygens (including phenoxy) is 2. The third-order valence-corrected chi connectivity index (χ3v) is 3.46. The maximum Gasteiger partial charge on any atom is 0.335 e. The van der Waals surface area contributed by atoms with Crippen LogP contribution in [-0.4, -0.2) is 18.2 Å². The molecule has 0 amide bonds. The van der Waals surface area contributed by atoms with Crippen LogP contribution in [0.15, 0.2) is 35.7 Å². The topological polar surface area (TPSA) is 55.8 Å². The highest BCUT2D eigenvalue weighted by atomic mass is 32.1. The van der Waals surface area contributed by atoms with Crippen molar-refractivity contribution in [3.8, 4) is 5.75 Å². The molecule has 0 spiro atoms. The number of aromatic carboxylic acids is 1. The average molecular weight is 278 g/mol. The van der Waals surface area contributed by atoms with Crippen molar-refractivity contribution in [1.82, 2.24) is 0 Å². The van der Waals surface area contributed by atoms with E-state index in [1.807, 2.05) is 17.5 Å². The molecular formula is C14H14O4S. The quantitative estimate of drug-likeness (QED) is 0.881. The van der Waals surface area contributed by atoms with Gasteiger partial charge in [-0.05, 0) is 29.6 Å². The molecule has 0 atom stereocenters. The summed E-state index contributed by atoms with van der Waals surface area (Å²) < 4.78 is 10.8. The molecular weight excluding hydrogens is 264 g/mol. The molecule has 0 aliphatic heterocycles. The van der Waals surface area contributed by atoms with Gasteiger partial charge in [0.1, 0.15) is 5.75 Å².